The molecule has 0 amide bonds. The van der Waals surface area contributed by atoms with Gasteiger partial charge in [0.05, 0.1) is 0 Å². The highest BCUT2D eigenvalue weighted by Crippen LogP contribution is 2.48. The fraction of sp³-hybridized carbons (Fsp3) is 0.583. The van der Waals surface area contributed by atoms with Gasteiger partial charge in [0.15, 0.2) is 0 Å². The van der Waals surface area contributed by atoms with E-state index in [4.69, 9.17) is 5.41 Å². The van der Waals surface area contributed by atoms with Crippen molar-refractivity contribution in [3.8, 4) is 0 Å². The number of hydrogen-bond acceptors (Lipinski definition) is 1. The summed E-state index contributed by atoms with van der Waals surface area (Å²) in [6.07, 6.45) is 8.53. The zero-order valence-electron chi connectivity index (χ0n) is 8.75. The van der Waals surface area contributed by atoms with E-state index >= 15 is 0 Å². The number of hydrogen-bond donors (Lipinski definition) is 1. The predicted molar refractivity (Wildman–Crippen MR) is 58.1 cm³/mol. The van der Waals surface area contributed by atoms with Crippen LogP contribution in [0.4, 0.5) is 0 Å². The topological polar surface area (TPSA) is 23.9 Å². The summed E-state index contributed by atoms with van der Waals surface area (Å²) >= 11 is 0. The van der Waals surface area contributed by atoms with Gasteiger partial charge in [-0.25, -0.2) is 0 Å². The zero-order chi connectivity index (χ0) is 9.84. The first-order valence-electron chi connectivity index (χ1n) is 5.00. The van der Waals surface area contributed by atoms with E-state index in [1.54, 1.807) is 6.08 Å². The molecule has 1 rings (SSSR count). The zero-order valence-corrected chi connectivity index (χ0v) is 8.75. The Morgan fingerprint density at radius 3 is 2.54 bits per heavy atom. The highest BCUT2D eigenvalue weighted by molar-refractivity contribution is 5.68. The average molecular weight is 177 g/mol. The van der Waals surface area contributed by atoms with Gasteiger partial charge >= 0.3 is 0 Å². The third kappa shape index (κ3) is 2.83. The van der Waals surface area contributed by atoms with E-state index in [2.05, 4.69) is 26.8 Å². The molecule has 1 aliphatic rings. The molecule has 0 aromatic rings. The second kappa shape index (κ2) is 4.40. The van der Waals surface area contributed by atoms with Crippen LogP contribution in [0.1, 0.15) is 27.2 Å². The van der Waals surface area contributed by atoms with Gasteiger partial charge < -0.3 is 5.41 Å². The van der Waals surface area contributed by atoms with E-state index < -0.39 is 0 Å². The Hall–Kier alpha value is -0.850. The fourth-order valence-corrected chi connectivity index (χ4v) is 1.86. The van der Waals surface area contributed by atoms with Gasteiger partial charge in [0.1, 0.15) is 0 Å². The lowest BCUT2D eigenvalue weighted by Crippen LogP contribution is -1.93. The van der Waals surface area contributed by atoms with Crippen LogP contribution >= 0.6 is 0 Å². The van der Waals surface area contributed by atoms with E-state index in [9.17, 15) is 0 Å². The van der Waals surface area contributed by atoms with Gasteiger partial charge in [-0.3, -0.25) is 0 Å². The molecule has 0 saturated heterocycles. The molecule has 1 N–H and O–H groups in total. The molecule has 72 valence electrons. The molecule has 0 aliphatic heterocycles. The molecule has 0 unspecified atom stereocenters. The minimum absolute atomic E-state index is 0.815. The maximum Gasteiger partial charge on any atom is 0.0177 e. The summed E-state index contributed by atoms with van der Waals surface area (Å²) in [7, 11) is 0. The molecule has 1 fully saturated rings. The normalized spacial score (nSPS) is 28.5. The average Bonchev–Trinajstić information content (AvgIpc) is 2.83. The minimum atomic E-state index is 0.815. The van der Waals surface area contributed by atoms with Crippen LogP contribution in [0.5, 0.6) is 0 Å². The summed E-state index contributed by atoms with van der Waals surface area (Å²) in [4.78, 5) is 0. The van der Waals surface area contributed by atoms with Gasteiger partial charge in [-0.05, 0) is 37.2 Å². The van der Waals surface area contributed by atoms with E-state index in [1.165, 1.54) is 18.2 Å². The van der Waals surface area contributed by atoms with Gasteiger partial charge in [-0.2, -0.15) is 0 Å². The lowest BCUT2D eigenvalue weighted by molar-refractivity contribution is 0.536. The SMILES string of the molecule is C/C(=C\C=C/C=N)[C@H]1C[C@@H]1C(C)C. The maximum atomic E-state index is 6.84. The van der Waals surface area contributed by atoms with Crippen molar-refractivity contribution in [2.75, 3.05) is 0 Å². The van der Waals surface area contributed by atoms with Crippen LogP contribution in [-0.2, 0) is 0 Å². The van der Waals surface area contributed by atoms with E-state index in [-0.39, 0.29) is 0 Å². The molecule has 0 aromatic heterocycles. The van der Waals surface area contributed by atoms with Crippen molar-refractivity contribution < 1.29 is 0 Å². The van der Waals surface area contributed by atoms with Crippen molar-refractivity contribution in [3.05, 3.63) is 23.8 Å². The smallest absolute Gasteiger partial charge is 0.0177 e. The van der Waals surface area contributed by atoms with E-state index in [0.29, 0.717) is 0 Å². The van der Waals surface area contributed by atoms with Crippen molar-refractivity contribution in [1.82, 2.24) is 0 Å². The third-order valence-corrected chi connectivity index (χ3v) is 2.85. The molecule has 0 aromatic carbocycles. The van der Waals surface area contributed by atoms with Gasteiger partial charge in [0.2, 0.25) is 0 Å². The van der Waals surface area contributed by atoms with Gasteiger partial charge in [-0.15, -0.1) is 0 Å². The Labute approximate surface area is 81.1 Å². The van der Waals surface area contributed by atoms with E-state index in [0.717, 1.165) is 17.8 Å². The number of nitrogens with one attached hydrogen (secondary N) is 1. The predicted octanol–water partition coefficient (Wildman–Crippen LogP) is 3.43. The third-order valence-electron chi connectivity index (χ3n) is 2.85. The Morgan fingerprint density at radius 1 is 1.38 bits per heavy atom. The molecule has 0 heterocycles. The Bertz CT molecular complexity index is 236. The van der Waals surface area contributed by atoms with Crippen LogP contribution in [0.25, 0.3) is 0 Å². The Kier molecular flexibility index (Phi) is 3.47. The highest BCUT2D eigenvalue weighted by atomic mass is 14.4. The molecule has 1 nitrogen and oxygen atoms in total. The summed E-state index contributed by atoms with van der Waals surface area (Å²) in [6.45, 7) is 6.79. The Morgan fingerprint density at radius 2 is 2.08 bits per heavy atom. The second-order valence-electron chi connectivity index (χ2n) is 4.21. The first kappa shape index (κ1) is 10.2. The minimum Gasteiger partial charge on any atom is -0.309 e. The first-order chi connectivity index (χ1) is 6.16. The number of allylic oxidation sites excluding steroid dienone is 4. The maximum absolute atomic E-state index is 6.84. The van der Waals surface area contributed by atoms with E-state index in [1.807, 2.05) is 6.08 Å². The van der Waals surface area contributed by atoms with Gasteiger partial charge in [0, 0.05) is 6.21 Å². The molecule has 1 aliphatic carbocycles. The van der Waals surface area contributed by atoms with Crippen molar-refractivity contribution in [3.63, 3.8) is 0 Å². The van der Waals surface area contributed by atoms with Gasteiger partial charge in [-0.1, -0.05) is 31.6 Å². The van der Waals surface area contributed by atoms with Crippen LogP contribution in [0.2, 0.25) is 0 Å². The monoisotopic (exact) mass is 177 g/mol. The highest BCUT2D eigenvalue weighted by Gasteiger charge is 2.39. The van der Waals surface area contributed by atoms with Gasteiger partial charge in [0.25, 0.3) is 0 Å². The standard InChI is InChI=1S/C12H19N/c1-9(2)11-8-12(11)10(3)6-4-5-7-13/h4-7,9,11-13H,8H2,1-3H3/b5-4-,10-6+,13-7?/t11-,12-/m1/s1. The Balaban J connectivity index is 2.42. The van der Waals surface area contributed by atoms with Crippen molar-refractivity contribution in [2.24, 2.45) is 17.8 Å². The molecule has 1 saturated carbocycles. The van der Waals surface area contributed by atoms with Crippen LogP contribution in [0, 0.1) is 23.2 Å². The van der Waals surface area contributed by atoms with Crippen molar-refractivity contribution in [2.45, 2.75) is 27.2 Å². The summed E-state index contributed by atoms with van der Waals surface area (Å²) in [5, 5.41) is 6.84. The molecule has 0 bridgehead atoms. The lowest BCUT2D eigenvalue weighted by atomic mass is 10.0. The van der Waals surface area contributed by atoms with Crippen molar-refractivity contribution >= 4 is 6.21 Å². The molecule has 13 heavy (non-hydrogen) atoms. The molecular formula is C12H19N. The quantitative estimate of drug-likeness (QED) is 0.502. The molecule has 0 radical (unpaired) electrons. The van der Waals surface area contributed by atoms with Crippen LogP contribution in [0.3, 0.4) is 0 Å². The number of rotatable bonds is 4. The lowest BCUT2D eigenvalue weighted by Gasteiger charge is -2.02. The molecular weight excluding hydrogens is 158 g/mol. The fourth-order valence-electron chi connectivity index (χ4n) is 1.86. The van der Waals surface area contributed by atoms with Crippen LogP contribution < -0.4 is 0 Å². The van der Waals surface area contributed by atoms with Crippen LogP contribution in [-0.4, -0.2) is 6.21 Å². The largest absolute Gasteiger partial charge is 0.309 e. The molecule has 0 spiro atoms. The van der Waals surface area contributed by atoms with Crippen LogP contribution in [0.15, 0.2) is 23.8 Å². The summed E-state index contributed by atoms with van der Waals surface area (Å²) in [5.41, 5.74) is 1.47. The molecule has 1 heteroatoms. The van der Waals surface area contributed by atoms with Crippen molar-refractivity contribution in [1.29, 1.82) is 5.41 Å². The first-order valence-corrected chi connectivity index (χ1v) is 5.00. The summed E-state index contributed by atoms with van der Waals surface area (Å²) in [5.74, 6) is 2.54. The second-order valence-corrected chi connectivity index (χ2v) is 4.21. The molecule has 2 atom stereocenters. The summed E-state index contributed by atoms with van der Waals surface area (Å²) < 4.78 is 0. The summed E-state index contributed by atoms with van der Waals surface area (Å²) in [6, 6.07) is 0.